The Morgan fingerprint density at radius 3 is 2.55 bits per heavy atom. The zero-order valence-corrected chi connectivity index (χ0v) is 12.6. The minimum atomic E-state index is 0.209. The van der Waals surface area contributed by atoms with Crippen LogP contribution in [0.15, 0.2) is 48.5 Å². The first kappa shape index (κ1) is 14.5. The molecule has 2 aromatic rings. The molecule has 0 amide bonds. The van der Waals surface area contributed by atoms with Crippen LogP contribution in [-0.2, 0) is 0 Å². The first-order chi connectivity index (χ1) is 9.69. The number of nitrogens with one attached hydrogen (secondary N) is 2. The van der Waals surface area contributed by atoms with Gasteiger partial charge in [0, 0.05) is 5.69 Å². The van der Waals surface area contributed by atoms with Crippen LogP contribution < -0.4 is 10.6 Å². The summed E-state index contributed by atoms with van der Waals surface area (Å²) in [6.45, 7) is 4.10. The maximum atomic E-state index is 5.36. The van der Waals surface area contributed by atoms with Gasteiger partial charge in [0.2, 0.25) is 0 Å². The van der Waals surface area contributed by atoms with Crippen LogP contribution in [0.4, 0.5) is 5.82 Å². The number of anilines is 1. The summed E-state index contributed by atoms with van der Waals surface area (Å²) in [5, 5.41) is 7.05. The molecule has 1 heterocycles. The van der Waals surface area contributed by atoms with E-state index in [2.05, 4.69) is 34.7 Å². The van der Waals surface area contributed by atoms with Crippen molar-refractivity contribution in [3.05, 3.63) is 59.8 Å². The molecule has 0 unspecified atom stereocenters. The second-order valence-corrected chi connectivity index (χ2v) is 5.04. The highest BCUT2D eigenvalue weighted by Crippen LogP contribution is 2.16. The fourth-order valence-electron chi connectivity index (χ4n) is 2.03. The molecular weight excluding hydrogens is 266 g/mol. The molecule has 0 fully saturated rings. The number of hydrogen-bond donors (Lipinski definition) is 2. The molecule has 0 aliphatic heterocycles. The van der Waals surface area contributed by atoms with E-state index in [4.69, 9.17) is 12.2 Å². The van der Waals surface area contributed by atoms with Gasteiger partial charge in [0.05, 0.1) is 6.04 Å². The second kappa shape index (κ2) is 7.01. The Labute approximate surface area is 125 Å². The van der Waals surface area contributed by atoms with E-state index >= 15 is 0 Å². The topological polar surface area (TPSA) is 37.0 Å². The van der Waals surface area contributed by atoms with Crippen LogP contribution in [-0.4, -0.2) is 10.1 Å². The molecule has 0 spiro atoms. The molecule has 3 nitrogen and oxygen atoms in total. The summed E-state index contributed by atoms with van der Waals surface area (Å²) in [6.07, 6.45) is 0.965. The SMILES string of the molecule is CC[C@@H](NC(=S)Nc1cccc(C)n1)c1ccccc1. The van der Waals surface area contributed by atoms with Crippen LogP contribution in [0, 0.1) is 6.92 Å². The molecule has 104 valence electrons. The molecule has 1 aromatic heterocycles. The molecule has 0 saturated heterocycles. The standard InChI is InChI=1S/C16H19N3S/c1-3-14(13-9-5-4-6-10-13)18-16(20)19-15-11-7-8-12(2)17-15/h4-11,14H,3H2,1-2H3,(H2,17,18,19,20)/t14-/m1/s1. The minimum absolute atomic E-state index is 0.209. The molecule has 0 aliphatic rings. The smallest absolute Gasteiger partial charge is 0.172 e. The molecule has 0 saturated carbocycles. The Bertz CT molecular complexity index is 569. The van der Waals surface area contributed by atoms with Crippen molar-refractivity contribution in [2.45, 2.75) is 26.3 Å². The fourth-order valence-corrected chi connectivity index (χ4v) is 2.28. The van der Waals surface area contributed by atoms with Gasteiger partial charge in [-0.15, -0.1) is 0 Å². The molecule has 0 bridgehead atoms. The van der Waals surface area contributed by atoms with Crippen molar-refractivity contribution < 1.29 is 0 Å². The number of aryl methyl sites for hydroxylation is 1. The normalized spacial score (nSPS) is 11.7. The lowest BCUT2D eigenvalue weighted by atomic mass is 10.1. The van der Waals surface area contributed by atoms with Crippen LogP contribution in [0.5, 0.6) is 0 Å². The molecule has 1 aromatic carbocycles. The van der Waals surface area contributed by atoms with Crippen LogP contribution in [0.1, 0.15) is 30.6 Å². The molecule has 2 N–H and O–H groups in total. The van der Waals surface area contributed by atoms with E-state index < -0.39 is 0 Å². The van der Waals surface area contributed by atoms with Crippen LogP contribution in [0.2, 0.25) is 0 Å². The predicted molar refractivity (Wildman–Crippen MR) is 87.8 cm³/mol. The Kier molecular flexibility index (Phi) is 5.07. The molecule has 2 rings (SSSR count). The van der Waals surface area contributed by atoms with Crippen molar-refractivity contribution in [3.63, 3.8) is 0 Å². The molecule has 0 radical (unpaired) electrons. The maximum absolute atomic E-state index is 5.36. The Hall–Kier alpha value is -1.94. The van der Waals surface area contributed by atoms with Crippen LogP contribution >= 0.6 is 12.2 Å². The molecule has 20 heavy (non-hydrogen) atoms. The summed E-state index contributed by atoms with van der Waals surface area (Å²) in [6, 6.07) is 16.3. The highest BCUT2D eigenvalue weighted by atomic mass is 32.1. The largest absolute Gasteiger partial charge is 0.356 e. The van der Waals surface area contributed by atoms with Gasteiger partial charge < -0.3 is 10.6 Å². The first-order valence-electron chi connectivity index (χ1n) is 6.75. The van der Waals surface area contributed by atoms with Gasteiger partial charge in [0.25, 0.3) is 0 Å². The van der Waals surface area contributed by atoms with Crippen molar-refractivity contribution in [3.8, 4) is 0 Å². The van der Waals surface area contributed by atoms with E-state index in [-0.39, 0.29) is 6.04 Å². The van der Waals surface area contributed by atoms with E-state index in [0.29, 0.717) is 5.11 Å². The van der Waals surface area contributed by atoms with E-state index in [1.54, 1.807) is 0 Å². The molecular formula is C16H19N3S. The molecule has 1 atom stereocenters. The summed E-state index contributed by atoms with van der Waals surface area (Å²) in [5.41, 5.74) is 2.20. The number of pyridine rings is 1. The molecule has 4 heteroatoms. The van der Waals surface area contributed by atoms with Crippen molar-refractivity contribution in [1.29, 1.82) is 0 Å². The minimum Gasteiger partial charge on any atom is -0.356 e. The van der Waals surface area contributed by atoms with Crippen molar-refractivity contribution >= 4 is 23.1 Å². The maximum Gasteiger partial charge on any atom is 0.172 e. The third kappa shape index (κ3) is 4.03. The predicted octanol–water partition coefficient (Wildman–Crippen LogP) is 3.83. The summed E-state index contributed by atoms with van der Waals surface area (Å²) in [5.74, 6) is 0.769. The highest BCUT2D eigenvalue weighted by Gasteiger charge is 2.10. The lowest BCUT2D eigenvalue weighted by molar-refractivity contribution is 0.629. The lowest BCUT2D eigenvalue weighted by Crippen LogP contribution is -2.32. The third-order valence-electron chi connectivity index (χ3n) is 3.05. The zero-order chi connectivity index (χ0) is 14.4. The highest BCUT2D eigenvalue weighted by molar-refractivity contribution is 7.80. The number of rotatable bonds is 4. The van der Waals surface area contributed by atoms with Gasteiger partial charge in [-0.3, -0.25) is 0 Å². The van der Waals surface area contributed by atoms with Gasteiger partial charge in [0.1, 0.15) is 5.82 Å². The number of hydrogen-bond acceptors (Lipinski definition) is 2. The van der Waals surface area contributed by atoms with Crippen molar-refractivity contribution in [2.75, 3.05) is 5.32 Å². The van der Waals surface area contributed by atoms with Gasteiger partial charge in [-0.2, -0.15) is 0 Å². The zero-order valence-electron chi connectivity index (χ0n) is 11.8. The lowest BCUT2D eigenvalue weighted by Gasteiger charge is -2.19. The summed E-state index contributed by atoms with van der Waals surface area (Å²) < 4.78 is 0. The second-order valence-electron chi connectivity index (χ2n) is 4.63. The number of thiocarbonyl (C=S) groups is 1. The molecule has 0 aliphatic carbocycles. The van der Waals surface area contributed by atoms with Gasteiger partial charge in [-0.25, -0.2) is 4.98 Å². The van der Waals surface area contributed by atoms with Crippen molar-refractivity contribution in [2.24, 2.45) is 0 Å². The fraction of sp³-hybridized carbons (Fsp3) is 0.250. The third-order valence-corrected chi connectivity index (χ3v) is 3.27. The van der Waals surface area contributed by atoms with Crippen molar-refractivity contribution in [1.82, 2.24) is 10.3 Å². The van der Waals surface area contributed by atoms with E-state index in [0.717, 1.165) is 17.9 Å². The average molecular weight is 285 g/mol. The quantitative estimate of drug-likeness (QED) is 0.837. The van der Waals surface area contributed by atoms with E-state index in [1.165, 1.54) is 5.56 Å². The number of benzene rings is 1. The Morgan fingerprint density at radius 2 is 1.90 bits per heavy atom. The average Bonchev–Trinajstić information content (AvgIpc) is 2.45. The summed E-state index contributed by atoms with van der Waals surface area (Å²) >= 11 is 5.36. The van der Waals surface area contributed by atoms with Crippen LogP contribution in [0.25, 0.3) is 0 Å². The summed E-state index contributed by atoms with van der Waals surface area (Å²) in [7, 11) is 0. The Balaban J connectivity index is 2.00. The van der Waals surface area contributed by atoms with Gasteiger partial charge in [-0.1, -0.05) is 43.3 Å². The van der Waals surface area contributed by atoms with Gasteiger partial charge >= 0.3 is 0 Å². The Morgan fingerprint density at radius 1 is 1.15 bits per heavy atom. The number of nitrogens with zero attached hydrogens (tertiary/aromatic N) is 1. The van der Waals surface area contributed by atoms with Gasteiger partial charge in [-0.05, 0) is 43.3 Å². The van der Waals surface area contributed by atoms with Gasteiger partial charge in [0.15, 0.2) is 5.11 Å². The number of aromatic nitrogens is 1. The van der Waals surface area contributed by atoms with E-state index in [1.807, 2.05) is 43.3 Å². The van der Waals surface area contributed by atoms with E-state index in [9.17, 15) is 0 Å². The van der Waals surface area contributed by atoms with Crippen LogP contribution in [0.3, 0.4) is 0 Å². The first-order valence-corrected chi connectivity index (χ1v) is 7.16. The summed E-state index contributed by atoms with van der Waals surface area (Å²) in [4.78, 5) is 4.38. The monoisotopic (exact) mass is 285 g/mol.